The number of methoxy groups -OCH3 is 2. The minimum Gasteiger partial charge on any atom is -0.465 e. The zero-order valence-electron chi connectivity index (χ0n) is 17.3. The third-order valence-electron chi connectivity index (χ3n) is 4.84. The Bertz CT molecular complexity index is 1250. The van der Waals surface area contributed by atoms with Gasteiger partial charge in [-0.15, -0.1) is 0 Å². The molecule has 0 bridgehead atoms. The number of oxazole rings is 1. The molecule has 0 atom stereocenters. The minimum atomic E-state index is -0.669. The number of anilines is 1. The van der Waals surface area contributed by atoms with E-state index in [1.165, 1.54) is 20.3 Å². The molecule has 2 heterocycles. The van der Waals surface area contributed by atoms with Gasteiger partial charge in [-0.05, 0) is 49.4 Å². The van der Waals surface area contributed by atoms with Gasteiger partial charge in [-0.2, -0.15) is 0 Å². The van der Waals surface area contributed by atoms with Gasteiger partial charge in [0.05, 0.1) is 19.8 Å². The van der Waals surface area contributed by atoms with Crippen molar-refractivity contribution in [2.75, 3.05) is 19.1 Å². The number of benzene rings is 2. The number of aryl methyl sites for hydroxylation is 1. The van der Waals surface area contributed by atoms with E-state index in [2.05, 4.69) is 4.98 Å². The Kier molecular flexibility index (Phi) is 5.41. The van der Waals surface area contributed by atoms with Crippen LogP contribution < -0.4 is 4.90 Å². The Morgan fingerprint density at radius 2 is 1.71 bits per heavy atom. The van der Waals surface area contributed by atoms with Crippen LogP contribution in [0.3, 0.4) is 0 Å². The van der Waals surface area contributed by atoms with E-state index >= 15 is 0 Å². The van der Waals surface area contributed by atoms with Crippen molar-refractivity contribution in [2.45, 2.75) is 6.92 Å². The highest BCUT2D eigenvalue weighted by molar-refractivity contribution is 6.05. The molecule has 0 amide bonds. The van der Waals surface area contributed by atoms with E-state index in [1.54, 1.807) is 41.5 Å². The van der Waals surface area contributed by atoms with E-state index in [1.807, 2.05) is 31.2 Å². The first-order valence-electron chi connectivity index (χ1n) is 9.54. The molecule has 3 aromatic rings. The third kappa shape index (κ3) is 3.85. The predicted octanol–water partition coefficient (Wildman–Crippen LogP) is 4.29. The first-order chi connectivity index (χ1) is 15.0. The molecular formula is C24H20N2O5. The maximum absolute atomic E-state index is 12.6. The van der Waals surface area contributed by atoms with Crippen LogP contribution in [0.25, 0.3) is 22.6 Å². The smallest absolute Gasteiger partial charge is 0.355 e. The molecule has 0 unspecified atom stereocenters. The van der Waals surface area contributed by atoms with Gasteiger partial charge in [0.1, 0.15) is 11.2 Å². The van der Waals surface area contributed by atoms with E-state index in [-0.39, 0.29) is 11.3 Å². The summed E-state index contributed by atoms with van der Waals surface area (Å²) in [7, 11) is 2.52. The van der Waals surface area contributed by atoms with Gasteiger partial charge in [0, 0.05) is 17.5 Å². The number of aromatic nitrogens is 1. The van der Waals surface area contributed by atoms with Crippen molar-refractivity contribution in [1.82, 2.24) is 4.98 Å². The highest BCUT2D eigenvalue weighted by Crippen LogP contribution is 2.31. The van der Waals surface area contributed by atoms with Gasteiger partial charge in [0.25, 0.3) is 0 Å². The molecule has 1 aliphatic rings. The molecule has 0 aliphatic carbocycles. The molecule has 31 heavy (non-hydrogen) atoms. The third-order valence-corrected chi connectivity index (χ3v) is 4.84. The standard InChI is InChI=1S/C24H20N2O5/c1-15-7-9-16(10-8-15)22-25-19-14-17(11-12-20(19)31-22)26-13-5-4-6-18(23(27)29-2)21(26)24(28)30-3/h4-14H,1-3H3. The fourth-order valence-corrected chi connectivity index (χ4v) is 3.25. The number of hydrogen-bond acceptors (Lipinski definition) is 7. The average Bonchev–Trinajstić information content (AvgIpc) is 3.09. The number of rotatable bonds is 4. The number of allylic oxidation sites excluding steroid dienone is 2. The molecule has 0 saturated heterocycles. The van der Waals surface area contributed by atoms with Crippen LogP contribution in [0.2, 0.25) is 0 Å². The van der Waals surface area contributed by atoms with Gasteiger partial charge in [0.2, 0.25) is 5.89 Å². The summed E-state index contributed by atoms with van der Waals surface area (Å²) in [5.74, 6) is -0.814. The van der Waals surface area contributed by atoms with E-state index in [9.17, 15) is 9.59 Å². The van der Waals surface area contributed by atoms with Crippen LogP contribution in [0.5, 0.6) is 0 Å². The van der Waals surface area contributed by atoms with E-state index in [0.717, 1.165) is 11.1 Å². The zero-order valence-corrected chi connectivity index (χ0v) is 17.3. The molecular weight excluding hydrogens is 396 g/mol. The number of nitrogens with zero attached hydrogens (tertiary/aromatic N) is 2. The summed E-state index contributed by atoms with van der Waals surface area (Å²) in [5, 5.41) is 0. The van der Waals surface area contributed by atoms with Crippen LogP contribution in [0.1, 0.15) is 5.56 Å². The molecule has 0 radical (unpaired) electrons. The molecule has 1 aliphatic heterocycles. The largest absolute Gasteiger partial charge is 0.465 e. The Hall–Kier alpha value is -4.13. The highest BCUT2D eigenvalue weighted by atomic mass is 16.5. The summed E-state index contributed by atoms with van der Waals surface area (Å²) in [5.41, 5.74) is 3.96. The lowest BCUT2D eigenvalue weighted by atomic mass is 10.1. The maximum atomic E-state index is 12.6. The molecule has 1 aromatic heterocycles. The molecule has 0 fully saturated rings. The lowest BCUT2D eigenvalue weighted by Gasteiger charge is -2.22. The van der Waals surface area contributed by atoms with Crippen molar-refractivity contribution < 1.29 is 23.5 Å². The summed E-state index contributed by atoms with van der Waals surface area (Å²) in [6, 6.07) is 13.2. The van der Waals surface area contributed by atoms with Crippen LogP contribution in [-0.2, 0) is 19.1 Å². The molecule has 7 nitrogen and oxygen atoms in total. The normalized spacial score (nSPS) is 13.5. The van der Waals surface area contributed by atoms with E-state index in [4.69, 9.17) is 13.9 Å². The molecule has 2 aromatic carbocycles. The number of fused-ring (bicyclic) bond motifs is 1. The van der Waals surface area contributed by atoms with E-state index < -0.39 is 11.9 Å². The number of esters is 2. The lowest BCUT2D eigenvalue weighted by molar-refractivity contribution is -0.139. The predicted molar refractivity (Wildman–Crippen MR) is 116 cm³/mol. The molecule has 0 saturated carbocycles. The van der Waals surface area contributed by atoms with Crippen LogP contribution in [-0.4, -0.2) is 31.1 Å². The second-order valence-electron chi connectivity index (χ2n) is 6.85. The number of hydrogen-bond donors (Lipinski definition) is 0. The van der Waals surface area contributed by atoms with Crippen molar-refractivity contribution in [3.63, 3.8) is 0 Å². The molecule has 0 spiro atoms. The van der Waals surface area contributed by atoms with Gasteiger partial charge in [-0.3, -0.25) is 0 Å². The Morgan fingerprint density at radius 1 is 0.968 bits per heavy atom. The van der Waals surface area contributed by atoms with Crippen LogP contribution in [0, 0.1) is 6.92 Å². The maximum Gasteiger partial charge on any atom is 0.355 e. The second-order valence-corrected chi connectivity index (χ2v) is 6.85. The molecule has 0 N–H and O–H groups in total. The van der Waals surface area contributed by atoms with Crippen molar-refractivity contribution >= 4 is 28.7 Å². The summed E-state index contributed by atoms with van der Waals surface area (Å²) in [4.78, 5) is 31.0. The van der Waals surface area contributed by atoms with Crippen molar-refractivity contribution in [1.29, 1.82) is 0 Å². The number of ether oxygens (including phenoxy) is 2. The van der Waals surface area contributed by atoms with Crippen LogP contribution >= 0.6 is 0 Å². The summed E-state index contributed by atoms with van der Waals surface area (Å²) >= 11 is 0. The van der Waals surface area contributed by atoms with Gasteiger partial charge in [0.15, 0.2) is 5.58 Å². The van der Waals surface area contributed by atoms with Gasteiger partial charge >= 0.3 is 11.9 Å². The van der Waals surface area contributed by atoms with Crippen LogP contribution in [0.4, 0.5) is 5.69 Å². The molecule has 4 rings (SSSR count). The van der Waals surface area contributed by atoms with Gasteiger partial charge < -0.3 is 18.8 Å². The quantitative estimate of drug-likeness (QED) is 0.587. The monoisotopic (exact) mass is 416 g/mol. The summed E-state index contributed by atoms with van der Waals surface area (Å²) in [6.07, 6.45) is 6.54. The molecule has 156 valence electrons. The molecule has 7 heteroatoms. The van der Waals surface area contributed by atoms with Gasteiger partial charge in [-0.1, -0.05) is 23.8 Å². The highest BCUT2D eigenvalue weighted by Gasteiger charge is 2.27. The average molecular weight is 416 g/mol. The first kappa shape index (κ1) is 20.2. The Morgan fingerprint density at radius 3 is 2.42 bits per heavy atom. The summed E-state index contributed by atoms with van der Waals surface area (Å²) in [6.45, 7) is 2.01. The topological polar surface area (TPSA) is 81.9 Å². The number of carbonyl (C=O) groups excluding carboxylic acids is 2. The fraction of sp³-hybridized carbons (Fsp3) is 0.125. The number of carbonyl (C=O) groups is 2. The Balaban J connectivity index is 1.81. The minimum absolute atomic E-state index is 0.0425. The van der Waals surface area contributed by atoms with E-state index in [0.29, 0.717) is 22.7 Å². The SMILES string of the molecule is COC(=O)C1=C(C(=O)OC)N(c2ccc3oc(-c4ccc(C)cc4)nc3c2)C=CC=C1. The van der Waals surface area contributed by atoms with Crippen molar-refractivity contribution in [3.05, 3.63) is 83.7 Å². The Labute approximate surface area is 178 Å². The summed E-state index contributed by atoms with van der Waals surface area (Å²) < 4.78 is 15.7. The van der Waals surface area contributed by atoms with Crippen molar-refractivity contribution in [3.8, 4) is 11.5 Å². The first-order valence-corrected chi connectivity index (χ1v) is 9.54. The zero-order chi connectivity index (χ0) is 22.0. The van der Waals surface area contributed by atoms with Crippen molar-refractivity contribution in [2.24, 2.45) is 0 Å². The fourth-order valence-electron chi connectivity index (χ4n) is 3.25. The van der Waals surface area contributed by atoms with Crippen LogP contribution in [0.15, 0.2) is 82.6 Å². The van der Waals surface area contributed by atoms with Gasteiger partial charge in [-0.25, -0.2) is 14.6 Å². The lowest BCUT2D eigenvalue weighted by Crippen LogP contribution is -2.26. The second kappa shape index (κ2) is 8.31.